The Kier molecular flexibility index (Phi) is 5.72. The van der Waals surface area contributed by atoms with E-state index in [1.165, 1.54) is 11.8 Å². The fourth-order valence-electron chi connectivity index (χ4n) is 2.93. The lowest BCUT2D eigenvalue weighted by Crippen LogP contribution is -2.40. The maximum Gasteiger partial charge on any atom is 0.254 e. The maximum absolute atomic E-state index is 12.7. The second-order valence-electron chi connectivity index (χ2n) is 5.40. The molecule has 2 aliphatic heterocycles. The second kappa shape index (κ2) is 7.35. The normalized spacial score (nSPS) is 20.1. The van der Waals surface area contributed by atoms with Crippen molar-refractivity contribution in [2.45, 2.75) is 23.8 Å². The zero-order valence-electron chi connectivity index (χ0n) is 12.4. The first kappa shape index (κ1) is 17.1. The molecule has 7 heteroatoms. The van der Waals surface area contributed by atoms with Crippen molar-refractivity contribution in [1.29, 1.82) is 0 Å². The minimum atomic E-state index is -0.00803. The van der Waals surface area contributed by atoms with Crippen molar-refractivity contribution in [3.05, 3.63) is 23.8 Å². The number of hydrogen-bond donors (Lipinski definition) is 2. The quantitative estimate of drug-likeness (QED) is 0.882. The van der Waals surface area contributed by atoms with Gasteiger partial charge in [-0.3, -0.25) is 9.59 Å². The SMILES string of the molecule is CNCC1CCCN1C(=O)c1ccc2c(c1)NC(=O)CS2.Cl. The number of rotatable bonds is 3. The summed E-state index contributed by atoms with van der Waals surface area (Å²) in [6, 6.07) is 5.86. The van der Waals surface area contributed by atoms with Crippen LogP contribution in [0.15, 0.2) is 23.1 Å². The van der Waals surface area contributed by atoms with Crippen LogP contribution in [-0.4, -0.2) is 48.6 Å². The van der Waals surface area contributed by atoms with Crippen LogP contribution in [-0.2, 0) is 4.79 Å². The molecular weight excluding hydrogens is 322 g/mol. The number of carbonyl (C=O) groups is 2. The van der Waals surface area contributed by atoms with Gasteiger partial charge in [-0.15, -0.1) is 24.2 Å². The third-order valence-corrected chi connectivity index (χ3v) is 5.01. The van der Waals surface area contributed by atoms with E-state index in [2.05, 4.69) is 10.6 Å². The Morgan fingerprint density at radius 1 is 1.50 bits per heavy atom. The summed E-state index contributed by atoms with van der Waals surface area (Å²) in [5.41, 5.74) is 1.41. The van der Waals surface area contributed by atoms with E-state index < -0.39 is 0 Å². The van der Waals surface area contributed by atoms with E-state index in [9.17, 15) is 9.59 Å². The van der Waals surface area contributed by atoms with Gasteiger partial charge in [-0.1, -0.05) is 0 Å². The lowest BCUT2D eigenvalue weighted by Gasteiger charge is -2.25. The van der Waals surface area contributed by atoms with Gasteiger partial charge in [-0.2, -0.15) is 0 Å². The number of nitrogens with one attached hydrogen (secondary N) is 2. The summed E-state index contributed by atoms with van der Waals surface area (Å²) in [5, 5.41) is 5.99. The summed E-state index contributed by atoms with van der Waals surface area (Å²) in [4.78, 5) is 27.1. The Morgan fingerprint density at radius 2 is 2.32 bits per heavy atom. The van der Waals surface area contributed by atoms with Crippen LogP contribution in [0.2, 0.25) is 0 Å². The first-order chi connectivity index (χ1) is 10.2. The third kappa shape index (κ3) is 3.39. The van der Waals surface area contributed by atoms with Gasteiger partial charge >= 0.3 is 0 Å². The van der Waals surface area contributed by atoms with Gasteiger partial charge in [0.2, 0.25) is 5.91 Å². The average Bonchev–Trinajstić information content (AvgIpc) is 2.94. The van der Waals surface area contributed by atoms with Gasteiger partial charge < -0.3 is 15.5 Å². The van der Waals surface area contributed by atoms with Gasteiger partial charge in [0.1, 0.15) is 0 Å². The van der Waals surface area contributed by atoms with E-state index in [-0.39, 0.29) is 30.3 Å². The van der Waals surface area contributed by atoms with Gasteiger partial charge in [0.25, 0.3) is 5.91 Å². The molecule has 1 aromatic carbocycles. The molecule has 2 aliphatic rings. The van der Waals surface area contributed by atoms with Crippen LogP contribution in [0.5, 0.6) is 0 Å². The highest BCUT2D eigenvalue weighted by Gasteiger charge is 2.29. The number of halogens is 1. The summed E-state index contributed by atoms with van der Waals surface area (Å²) < 4.78 is 0. The molecule has 1 fully saturated rings. The molecule has 22 heavy (non-hydrogen) atoms. The predicted molar refractivity (Wildman–Crippen MR) is 91.0 cm³/mol. The minimum absolute atomic E-state index is 0. The molecule has 2 heterocycles. The number of benzene rings is 1. The lowest BCUT2D eigenvalue weighted by molar-refractivity contribution is -0.113. The predicted octanol–water partition coefficient (Wildman–Crippen LogP) is 1.98. The molecule has 1 aromatic rings. The van der Waals surface area contributed by atoms with Crippen molar-refractivity contribution in [2.24, 2.45) is 0 Å². The molecule has 1 saturated heterocycles. The van der Waals surface area contributed by atoms with E-state index >= 15 is 0 Å². The average molecular weight is 342 g/mol. The van der Waals surface area contributed by atoms with Gasteiger partial charge in [-0.05, 0) is 38.1 Å². The van der Waals surface area contributed by atoms with Crippen molar-refractivity contribution < 1.29 is 9.59 Å². The van der Waals surface area contributed by atoms with Crippen LogP contribution in [0, 0.1) is 0 Å². The van der Waals surface area contributed by atoms with E-state index in [0.717, 1.165) is 36.5 Å². The van der Waals surface area contributed by atoms with Gasteiger partial charge in [-0.25, -0.2) is 0 Å². The molecule has 0 radical (unpaired) electrons. The summed E-state index contributed by atoms with van der Waals surface area (Å²) in [7, 11) is 1.91. The van der Waals surface area contributed by atoms with Gasteiger partial charge in [0, 0.05) is 29.6 Å². The van der Waals surface area contributed by atoms with Gasteiger partial charge in [0.05, 0.1) is 11.4 Å². The summed E-state index contributed by atoms with van der Waals surface area (Å²) >= 11 is 1.51. The number of fused-ring (bicyclic) bond motifs is 1. The number of hydrogen-bond acceptors (Lipinski definition) is 4. The van der Waals surface area contributed by atoms with Crippen LogP contribution in [0.25, 0.3) is 0 Å². The molecular formula is C15H20ClN3O2S. The number of thioether (sulfide) groups is 1. The highest BCUT2D eigenvalue weighted by atomic mass is 35.5. The number of amides is 2. The molecule has 1 unspecified atom stereocenters. The number of nitrogens with zero attached hydrogens (tertiary/aromatic N) is 1. The van der Waals surface area contributed by atoms with E-state index in [0.29, 0.717) is 11.3 Å². The molecule has 2 amide bonds. The van der Waals surface area contributed by atoms with E-state index in [1.807, 2.05) is 24.1 Å². The van der Waals surface area contributed by atoms with Crippen molar-refractivity contribution in [3.8, 4) is 0 Å². The zero-order chi connectivity index (χ0) is 14.8. The molecule has 0 aliphatic carbocycles. The molecule has 3 rings (SSSR count). The Hall–Kier alpha value is -1.24. The molecule has 2 N–H and O–H groups in total. The van der Waals surface area contributed by atoms with Gasteiger partial charge in [0.15, 0.2) is 0 Å². The summed E-state index contributed by atoms with van der Waals surface area (Å²) in [6.07, 6.45) is 2.10. The fourth-order valence-corrected chi connectivity index (χ4v) is 3.72. The number of anilines is 1. The first-order valence-corrected chi connectivity index (χ1v) is 8.20. The first-order valence-electron chi connectivity index (χ1n) is 7.21. The monoisotopic (exact) mass is 341 g/mol. The zero-order valence-corrected chi connectivity index (χ0v) is 14.1. The van der Waals surface area contributed by atoms with Crippen LogP contribution >= 0.6 is 24.2 Å². The Morgan fingerprint density at radius 3 is 3.09 bits per heavy atom. The van der Waals surface area contributed by atoms with Crippen molar-refractivity contribution in [2.75, 3.05) is 31.2 Å². The van der Waals surface area contributed by atoms with Crippen LogP contribution < -0.4 is 10.6 Å². The lowest BCUT2D eigenvalue weighted by atomic mass is 10.1. The highest BCUT2D eigenvalue weighted by molar-refractivity contribution is 8.00. The van der Waals surface area contributed by atoms with Crippen LogP contribution in [0.1, 0.15) is 23.2 Å². The number of carbonyl (C=O) groups excluding carboxylic acids is 2. The second-order valence-corrected chi connectivity index (χ2v) is 6.42. The molecule has 0 aromatic heterocycles. The molecule has 120 valence electrons. The smallest absolute Gasteiger partial charge is 0.254 e. The standard InChI is InChI=1S/C15H19N3O2S.ClH/c1-16-8-11-3-2-6-18(11)15(20)10-4-5-13-12(7-10)17-14(19)9-21-13;/h4-5,7,11,16H,2-3,6,8-9H2,1H3,(H,17,19);1H. The highest BCUT2D eigenvalue weighted by Crippen LogP contribution is 2.32. The third-order valence-electron chi connectivity index (χ3n) is 3.94. The molecule has 5 nitrogen and oxygen atoms in total. The maximum atomic E-state index is 12.7. The number of likely N-dealkylation sites (tertiary alicyclic amines) is 1. The Labute approximate surface area is 140 Å². The molecule has 0 bridgehead atoms. The van der Waals surface area contributed by atoms with Crippen LogP contribution in [0.4, 0.5) is 5.69 Å². The topological polar surface area (TPSA) is 61.4 Å². The van der Waals surface area contributed by atoms with Crippen molar-refractivity contribution in [1.82, 2.24) is 10.2 Å². The van der Waals surface area contributed by atoms with Crippen molar-refractivity contribution >= 4 is 41.7 Å². The largest absolute Gasteiger partial charge is 0.334 e. The minimum Gasteiger partial charge on any atom is -0.334 e. The molecule has 0 saturated carbocycles. The Bertz CT molecular complexity index is 582. The molecule has 1 atom stereocenters. The number of likely N-dealkylation sites (N-methyl/N-ethyl adjacent to an activating group) is 1. The van der Waals surface area contributed by atoms with E-state index in [1.54, 1.807) is 6.07 Å². The fraction of sp³-hybridized carbons (Fsp3) is 0.467. The summed E-state index contributed by atoms with van der Waals surface area (Å²) in [6.45, 7) is 1.63. The van der Waals surface area contributed by atoms with Crippen LogP contribution in [0.3, 0.4) is 0 Å². The summed E-state index contributed by atoms with van der Waals surface area (Å²) in [5.74, 6) is 0.489. The molecule has 0 spiro atoms. The van der Waals surface area contributed by atoms with Crippen molar-refractivity contribution in [3.63, 3.8) is 0 Å². The van der Waals surface area contributed by atoms with E-state index in [4.69, 9.17) is 0 Å². The Balaban J connectivity index is 0.00000176.